The first-order valence-electron chi connectivity index (χ1n) is 3.87. The minimum Gasteiger partial charge on any atom is -0.313 e. The van der Waals surface area contributed by atoms with E-state index in [-0.39, 0.29) is 0 Å². The Morgan fingerprint density at radius 2 is 2.55 bits per heavy atom. The molecule has 0 bridgehead atoms. The van der Waals surface area contributed by atoms with Gasteiger partial charge in [0.05, 0.1) is 0 Å². The highest BCUT2D eigenvalue weighted by atomic mass is 32.1. The largest absolute Gasteiger partial charge is 0.313 e. The summed E-state index contributed by atoms with van der Waals surface area (Å²) >= 11 is 1.76. The third kappa shape index (κ3) is 1.70. The third-order valence-corrected chi connectivity index (χ3v) is 2.59. The molecule has 0 saturated carbocycles. The molecule has 2 rings (SSSR count). The van der Waals surface area contributed by atoms with Crippen molar-refractivity contribution in [3.8, 4) is 0 Å². The number of thiophene rings is 1. The van der Waals surface area contributed by atoms with Crippen LogP contribution in [0.3, 0.4) is 0 Å². The van der Waals surface area contributed by atoms with Gasteiger partial charge in [-0.15, -0.1) is 0 Å². The maximum absolute atomic E-state index is 3.32. The van der Waals surface area contributed by atoms with Crippen LogP contribution < -0.4 is 5.32 Å². The van der Waals surface area contributed by atoms with Gasteiger partial charge >= 0.3 is 0 Å². The van der Waals surface area contributed by atoms with Crippen molar-refractivity contribution in [3.63, 3.8) is 0 Å². The van der Waals surface area contributed by atoms with E-state index in [0.29, 0.717) is 0 Å². The normalized spacial score (nSPS) is 21.3. The highest BCUT2D eigenvalue weighted by Gasteiger charge is 2.04. The molecule has 0 amide bonds. The van der Waals surface area contributed by atoms with Crippen LogP contribution in [-0.4, -0.2) is 13.1 Å². The minimum absolute atomic E-state index is 1.08. The number of hydrogen-bond donors (Lipinski definition) is 1. The van der Waals surface area contributed by atoms with Gasteiger partial charge in [-0.3, -0.25) is 0 Å². The molecule has 0 spiro atoms. The van der Waals surface area contributed by atoms with Crippen LogP contribution in [0, 0.1) is 0 Å². The van der Waals surface area contributed by atoms with Gasteiger partial charge < -0.3 is 5.32 Å². The minimum atomic E-state index is 1.08. The molecule has 1 aromatic rings. The van der Waals surface area contributed by atoms with Gasteiger partial charge in [-0.1, -0.05) is 11.6 Å². The van der Waals surface area contributed by atoms with Crippen LogP contribution in [0.5, 0.6) is 0 Å². The summed E-state index contributed by atoms with van der Waals surface area (Å²) in [5, 5.41) is 7.63. The SMILES string of the molecule is C(=C1CCNC1)c1ccsc1. The Labute approximate surface area is 70.8 Å². The van der Waals surface area contributed by atoms with Crippen molar-refractivity contribution in [2.75, 3.05) is 13.1 Å². The molecule has 0 aliphatic carbocycles. The smallest absolute Gasteiger partial charge is 0.0168 e. The average molecular weight is 165 g/mol. The summed E-state index contributed by atoms with van der Waals surface area (Å²) in [5.41, 5.74) is 2.89. The van der Waals surface area contributed by atoms with E-state index in [1.165, 1.54) is 17.6 Å². The van der Waals surface area contributed by atoms with E-state index in [1.54, 1.807) is 11.3 Å². The maximum Gasteiger partial charge on any atom is 0.0168 e. The summed E-state index contributed by atoms with van der Waals surface area (Å²) in [6, 6.07) is 2.16. The van der Waals surface area contributed by atoms with Crippen LogP contribution in [-0.2, 0) is 0 Å². The van der Waals surface area contributed by atoms with E-state index in [9.17, 15) is 0 Å². The lowest BCUT2D eigenvalue weighted by molar-refractivity contribution is 0.862. The van der Waals surface area contributed by atoms with Crippen molar-refractivity contribution in [3.05, 3.63) is 28.0 Å². The van der Waals surface area contributed by atoms with Gasteiger partial charge in [0.15, 0.2) is 0 Å². The van der Waals surface area contributed by atoms with E-state index in [0.717, 1.165) is 13.1 Å². The Bertz CT molecular complexity index is 241. The summed E-state index contributed by atoms with van der Waals surface area (Å²) in [6.45, 7) is 2.23. The van der Waals surface area contributed by atoms with Gasteiger partial charge in [-0.2, -0.15) is 11.3 Å². The molecule has 2 heteroatoms. The molecule has 1 aromatic heterocycles. The van der Waals surface area contributed by atoms with Crippen LogP contribution in [0.1, 0.15) is 12.0 Å². The highest BCUT2D eigenvalue weighted by molar-refractivity contribution is 7.08. The lowest BCUT2D eigenvalue weighted by atomic mass is 10.2. The molecule has 2 heterocycles. The molecule has 1 fully saturated rings. The summed E-state index contributed by atoms with van der Waals surface area (Å²) in [7, 11) is 0. The second-order valence-corrected chi connectivity index (χ2v) is 3.57. The van der Waals surface area contributed by atoms with Gasteiger partial charge in [0, 0.05) is 6.54 Å². The molecule has 0 atom stereocenters. The van der Waals surface area contributed by atoms with Gasteiger partial charge in [-0.25, -0.2) is 0 Å². The van der Waals surface area contributed by atoms with E-state index in [2.05, 4.69) is 28.2 Å². The summed E-state index contributed by atoms with van der Waals surface area (Å²) in [5.74, 6) is 0. The molecule has 58 valence electrons. The van der Waals surface area contributed by atoms with Gasteiger partial charge in [0.2, 0.25) is 0 Å². The van der Waals surface area contributed by atoms with Gasteiger partial charge in [-0.05, 0) is 35.4 Å². The Balaban J connectivity index is 2.13. The molecule has 11 heavy (non-hydrogen) atoms. The zero-order chi connectivity index (χ0) is 7.52. The van der Waals surface area contributed by atoms with E-state index < -0.39 is 0 Å². The summed E-state index contributed by atoms with van der Waals surface area (Å²) in [6.07, 6.45) is 3.51. The maximum atomic E-state index is 3.32. The van der Waals surface area contributed by atoms with Crippen LogP contribution in [0.25, 0.3) is 6.08 Å². The first-order chi connectivity index (χ1) is 5.45. The molecule has 1 saturated heterocycles. The van der Waals surface area contributed by atoms with Crippen LogP contribution in [0.15, 0.2) is 22.4 Å². The van der Waals surface area contributed by atoms with Gasteiger partial charge in [0.25, 0.3) is 0 Å². The molecule has 0 unspecified atom stereocenters. The Morgan fingerprint density at radius 1 is 1.55 bits per heavy atom. The van der Waals surface area contributed by atoms with Crippen molar-refractivity contribution in [2.45, 2.75) is 6.42 Å². The molecule has 0 radical (unpaired) electrons. The van der Waals surface area contributed by atoms with Crippen LogP contribution in [0.2, 0.25) is 0 Å². The van der Waals surface area contributed by atoms with Crippen molar-refractivity contribution in [1.82, 2.24) is 5.32 Å². The predicted octanol–water partition coefficient (Wildman–Crippen LogP) is 2.12. The topological polar surface area (TPSA) is 12.0 Å². The zero-order valence-electron chi connectivity index (χ0n) is 6.34. The van der Waals surface area contributed by atoms with E-state index in [4.69, 9.17) is 0 Å². The van der Waals surface area contributed by atoms with Crippen molar-refractivity contribution in [2.24, 2.45) is 0 Å². The number of nitrogens with one attached hydrogen (secondary N) is 1. The fourth-order valence-electron chi connectivity index (χ4n) is 1.30. The van der Waals surface area contributed by atoms with E-state index >= 15 is 0 Å². The fourth-order valence-corrected chi connectivity index (χ4v) is 1.92. The predicted molar refractivity (Wildman–Crippen MR) is 49.8 cm³/mol. The quantitative estimate of drug-likeness (QED) is 0.672. The Morgan fingerprint density at radius 3 is 3.18 bits per heavy atom. The molecule has 1 aliphatic heterocycles. The summed E-state index contributed by atoms with van der Waals surface area (Å²) in [4.78, 5) is 0. The zero-order valence-corrected chi connectivity index (χ0v) is 7.16. The molecular formula is C9H11NS. The Hall–Kier alpha value is -0.600. The molecule has 1 aliphatic rings. The number of rotatable bonds is 1. The van der Waals surface area contributed by atoms with Crippen molar-refractivity contribution >= 4 is 17.4 Å². The monoisotopic (exact) mass is 165 g/mol. The number of hydrogen-bond acceptors (Lipinski definition) is 2. The average Bonchev–Trinajstić information content (AvgIpc) is 2.60. The highest BCUT2D eigenvalue weighted by Crippen LogP contribution is 2.14. The molecule has 1 N–H and O–H groups in total. The lowest BCUT2D eigenvalue weighted by Crippen LogP contribution is -2.04. The molecule has 1 nitrogen and oxygen atoms in total. The fraction of sp³-hybridized carbons (Fsp3) is 0.333. The van der Waals surface area contributed by atoms with Crippen LogP contribution >= 0.6 is 11.3 Å². The standard InChI is InChI=1S/C9H11NS/c1-3-10-6-8(1)5-9-2-4-11-7-9/h2,4-5,7,10H,1,3,6H2. The second kappa shape index (κ2) is 3.20. The third-order valence-electron chi connectivity index (χ3n) is 1.89. The van der Waals surface area contributed by atoms with Crippen molar-refractivity contribution < 1.29 is 0 Å². The lowest BCUT2D eigenvalue weighted by Gasteiger charge is -1.90. The molecule has 0 aromatic carbocycles. The first-order valence-corrected chi connectivity index (χ1v) is 4.82. The first kappa shape index (κ1) is 7.07. The molecular weight excluding hydrogens is 154 g/mol. The Kier molecular flexibility index (Phi) is 2.06. The van der Waals surface area contributed by atoms with Crippen molar-refractivity contribution in [1.29, 1.82) is 0 Å². The summed E-state index contributed by atoms with van der Waals surface area (Å²) < 4.78 is 0. The second-order valence-electron chi connectivity index (χ2n) is 2.79. The van der Waals surface area contributed by atoms with E-state index in [1.807, 2.05) is 0 Å². The van der Waals surface area contributed by atoms with Crippen LogP contribution in [0.4, 0.5) is 0 Å². The van der Waals surface area contributed by atoms with Gasteiger partial charge in [0.1, 0.15) is 0 Å².